The predicted molar refractivity (Wildman–Crippen MR) is 118 cm³/mol. The van der Waals surface area contributed by atoms with Gasteiger partial charge in [-0.2, -0.15) is 0 Å². The summed E-state index contributed by atoms with van der Waals surface area (Å²) in [5, 5.41) is 8.98. The third kappa shape index (κ3) is 3.51. The first-order valence-corrected chi connectivity index (χ1v) is 11.5. The third-order valence-electron chi connectivity index (χ3n) is 7.08. The number of hydrogen-bond acceptors (Lipinski definition) is 6. The number of halogens is 2. The Morgan fingerprint density at radius 2 is 2.06 bits per heavy atom. The van der Waals surface area contributed by atoms with E-state index in [1.807, 2.05) is 4.68 Å². The first-order chi connectivity index (χ1) is 14.8. The SMILES string of the molecule is COc1ccc(Cl)cc1/C(N)=N/OC(=O)C12CC3CC(C1)CC(n1cnc(Br)n1)(C3)C2. The minimum atomic E-state index is -0.579. The van der Waals surface area contributed by atoms with Crippen molar-refractivity contribution < 1.29 is 14.4 Å². The van der Waals surface area contributed by atoms with E-state index in [-0.39, 0.29) is 17.3 Å². The van der Waals surface area contributed by atoms with Crippen molar-refractivity contribution >= 4 is 39.3 Å². The van der Waals surface area contributed by atoms with E-state index in [4.69, 9.17) is 26.9 Å². The van der Waals surface area contributed by atoms with Gasteiger partial charge in [0.15, 0.2) is 5.84 Å². The Morgan fingerprint density at radius 1 is 1.32 bits per heavy atom. The van der Waals surface area contributed by atoms with Crippen LogP contribution in [0.15, 0.2) is 34.4 Å². The van der Waals surface area contributed by atoms with Gasteiger partial charge in [0.1, 0.15) is 12.1 Å². The number of oxime groups is 1. The Bertz CT molecular complexity index is 1060. The minimum absolute atomic E-state index is 0.0485. The molecule has 1 heterocycles. The fourth-order valence-corrected chi connectivity index (χ4v) is 6.74. The monoisotopic (exact) mass is 507 g/mol. The van der Waals surface area contributed by atoms with Crippen molar-refractivity contribution in [2.24, 2.45) is 28.1 Å². The second-order valence-electron chi connectivity index (χ2n) is 9.12. The number of benzene rings is 1. The lowest BCUT2D eigenvalue weighted by Gasteiger charge is -2.60. The van der Waals surface area contributed by atoms with Gasteiger partial charge in [-0.15, -0.1) is 5.10 Å². The summed E-state index contributed by atoms with van der Waals surface area (Å²) in [6, 6.07) is 5.02. The fourth-order valence-electron chi connectivity index (χ4n) is 6.31. The molecule has 164 valence electrons. The number of ether oxygens (including phenoxy) is 1. The van der Waals surface area contributed by atoms with Crippen LogP contribution >= 0.6 is 27.5 Å². The van der Waals surface area contributed by atoms with Crippen molar-refractivity contribution in [3.8, 4) is 5.75 Å². The van der Waals surface area contributed by atoms with Crippen molar-refractivity contribution in [1.29, 1.82) is 0 Å². The smallest absolute Gasteiger partial charge is 0.341 e. The molecule has 1 aromatic carbocycles. The van der Waals surface area contributed by atoms with Crippen LogP contribution in [-0.2, 0) is 15.2 Å². The van der Waals surface area contributed by atoms with Crippen LogP contribution in [0.1, 0.15) is 44.1 Å². The summed E-state index contributed by atoms with van der Waals surface area (Å²) in [4.78, 5) is 23.0. The molecule has 2 atom stereocenters. The van der Waals surface area contributed by atoms with E-state index in [2.05, 4.69) is 31.2 Å². The number of nitrogens with zero attached hydrogens (tertiary/aromatic N) is 4. The molecule has 31 heavy (non-hydrogen) atoms. The van der Waals surface area contributed by atoms with Crippen molar-refractivity contribution in [3.63, 3.8) is 0 Å². The normalized spacial score (nSPS) is 31.6. The van der Waals surface area contributed by atoms with Gasteiger partial charge < -0.3 is 15.3 Å². The van der Waals surface area contributed by atoms with E-state index in [0.717, 1.165) is 32.1 Å². The third-order valence-corrected chi connectivity index (χ3v) is 7.68. The highest BCUT2D eigenvalue weighted by molar-refractivity contribution is 9.10. The van der Waals surface area contributed by atoms with E-state index in [0.29, 0.717) is 39.3 Å². The minimum Gasteiger partial charge on any atom is -0.496 e. The average Bonchev–Trinajstić information content (AvgIpc) is 3.18. The number of methoxy groups -OCH3 is 1. The standard InChI is InChI=1S/C21H23BrClN5O3/c1-30-16-3-2-14(23)5-15(16)17(24)27-31-18(29)20-6-12-4-13(7-20)9-21(8-12,10-20)28-11-25-19(22)26-28/h2-3,5,11-13H,4,6-10H2,1H3,(H2,24,27). The number of carbonyl (C=O) groups excluding carboxylic acids is 1. The number of nitrogens with two attached hydrogens (primary N) is 1. The van der Waals surface area contributed by atoms with Crippen molar-refractivity contribution in [2.45, 2.75) is 44.1 Å². The zero-order chi connectivity index (χ0) is 21.8. The molecular formula is C21H23BrClN5O3. The van der Waals surface area contributed by atoms with E-state index in [1.165, 1.54) is 7.11 Å². The van der Waals surface area contributed by atoms with Gasteiger partial charge in [-0.25, -0.2) is 14.5 Å². The molecule has 2 N–H and O–H groups in total. The molecule has 8 nitrogen and oxygen atoms in total. The maximum atomic E-state index is 13.3. The van der Waals surface area contributed by atoms with Crippen molar-refractivity contribution in [3.05, 3.63) is 39.8 Å². The zero-order valence-corrected chi connectivity index (χ0v) is 19.4. The first-order valence-electron chi connectivity index (χ1n) is 10.3. The summed E-state index contributed by atoms with van der Waals surface area (Å²) < 4.78 is 7.83. The molecule has 0 saturated heterocycles. The molecule has 4 aliphatic rings. The quantitative estimate of drug-likeness (QED) is 0.285. The van der Waals surface area contributed by atoms with Gasteiger partial charge in [-0.1, -0.05) is 16.8 Å². The first kappa shape index (κ1) is 20.8. The molecule has 10 heteroatoms. The highest BCUT2D eigenvalue weighted by atomic mass is 79.9. The highest BCUT2D eigenvalue weighted by Gasteiger charge is 2.62. The van der Waals surface area contributed by atoms with E-state index >= 15 is 0 Å². The Morgan fingerprint density at radius 3 is 2.71 bits per heavy atom. The number of aromatic nitrogens is 3. The molecule has 0 amide bonds. The number of carbonyl (C=O) groups is 1. The molecule has 4 saturated carbocycles. The summed E-state index contributed by atoms with van der Waals surface area (Å²) in [5.41, 5.74) is 5.81. The summed E-state index contributed by atoms with van der Waals surface area (Å²) in [7, 11) is 1.53. The fraction of sp³-hybridized carbons (Fsp3) is 0.524. The maximum absolute atomic E-state index is 13.3. The molecule has 4 bridgehead atoms. The second kappa shape index (κ2) is 7.48. The molecule has 4 fully saturated rings. The molecule has 6 rings (SSSR count). The lowest BCUT2D eigenvalue weighted by Crippen LogP contribution is -2.59. The molecular weight excluding hydrogens is 486 g/mol. The van der Waals surface area contributed by atoms with Crippen LogP contribution in [0.4, 0.5) is 0 Å². The number of rotatable bonds is 5. The molecule has 1 aromatic heterocycles. The zero-order valence-electron chi connectivity index (χ0n) is 17.1. The van der Waals surface area contributed by atoms with Gasteiger partial charge in [-0.05, 0) is 84.5 Å². The molecule has 4 aliphatic carbocycles. The van der Waals surface area contributed by atoms with Crippen LogP contribution in [0.2, 0.25) is 5.02 Å². The number of hydrogen-bond donors (Lipinski definition) is 1. The Labute approximate surface area is 193 Å². The second-order valence-corrected chi connectivity index (χ2v) is 10.3. The molecule has 0 spiro atoms. The van der Waals surface area contributed by atoms with Crippen molar-refractivity contribution in [1.82, 2.24) is 14.8 Å². The molecule has 2 aromatic rings. The molecule has 0 aliphatic heterocycles. The van der Waals surface area contributed by atoms with Crippen LogP contribution in [-0.4, -0.2) is 33.7 Å². The summed E-state index contributed by atoms with van der Waals surface area (Å²) in [6.07, 6.45) is 7.25. The lowest BCUT2D eigenvalue weighted by atomic mass is 9.47. The van der Waals surface area contributed by atoms with E-state index in [1.54, 1.807) is 24.5 Å². The van der Waals surface area contributed by atoms with Crippen LogP contribution in [0.5, 0.6) is 5.75 Å². The topological polar surface area (TPSA) is 105 Å². The highest BCUT2D eigenvalue weighted by Crippen LogP contribution is 2.64. The predicted octanol–water partition coefficient (Wildman–Crippen LogP) is 3.86. The Kier molecular flexibility index (Phi) is 5.01. The van der Waals surface area contributed by atoms with E-state index in [9.17, 15) is 4.79 Å². The van der Waals surface area contributed by atoms with Gasteiger partial charge in [0, 0.05) is 5.02 Å². The summed E-state index contributed by atoms with van der Waals surface area (Å²) >= 11 is 9.42. The molecule has 0 radical (unpaired) electrons. The largest absolute Gasteiger partial charge is 0.496 e. The Hall–Kier alpha value is -2.13. The van der Waals surface area contributed by atoms with Gasteiger partial charge in [0.25, 0.3) is 0 Å². The Balaban J connectivity index is 1.41. The maximum Gasteiger partial charge on any atom is 0.341 e. The lowest BCUT2D eigenvalue weighted by molar-refractivity contribution is -0.179. The van der Waals surface area contributed by atoms with Gasteiger partial charge in [0.05, 0.1) is 23.6 Å². The van der Waals surface area contributed by atoms with Crippen LogP contribution < -0.4 is 10.5 Å². The van der Waals surface area contributed by atoms with Crippen molar-refractivity contribution in [2.75, 3.05) is 7.11 Å². The van der Waals surface area contributed by atoms with Crippen LogP contribution in [0.25, 0.3) is 0 Å². The molecule has 2 unspecified atom stereocenters. The van der Waals surface area contributed by atoms with Crippen LogP contribution in [0, 0.1) is 17.3 Å². The average molecular weight is 509 g/mol. The van der Waals surface area contributed by atoms with E-state index < -0.39 is 5.41 Å². The summed E-state index contributed by atoms with van der Waals surface area (Å²) in [5.74, 6) is 1.16. The van der Waals surface area contributed by atoms with Gasteiger partial charge in [0.2, 0.25) is 4.73 Å². The summed E-state index contributed by atoms with van der Waals surface area (Å²) in [6.45, 7) is 0. The van der Waals surface area contributed by atoms with Gasteiger partial charge in [-0.3, -0.25) is 0 Å². The number of amidine groups is 1. The van der Waals surface area contributed by atoms with Gasteiger partial charge >= 0.3 is 5.97 Å². The van der Waals surface area contributed by atoms with Crippen LogP contribution in [0.3, 0.4) is 0 Å².